The van der Waals surface area contributed by atoms with Gasteiger partial charge in [0.2, 0.25) is 0 Å². The van der Waals surface area contributed by atoms with E-state index in [-0.39, 0.29) is 5.75 Å². The van der Waals surface area contributed by atoms with Crippen LogP contribution in [-0.2, 0) is 6.54 Å². The van der Waals surface area contributed by atoms with E-state index < -0.39 is 0 Å². The van der Waals surface area contributed by atoms with Gasteiger partial charge in [0.25, 0.3) is 0 Å². The van der Waals surface area contributed by atoms with Gasteiger partial charge in [0.15, 0.2) is 0 Å². The highest BCUT2D eigenvalue weighted by molar-refractivity contribution is 5.95. The Labute approximate surface area is 186 Å². The zero-order valence-corrected chi connectivity index (χ0v) is 17.6. The molecule has 0 aliphatic rings. The summed E-state index contributed by atoms with van der Waals surface area (Å²) in [6.45, 7) is 2.73. The Morgan fingerprint density at radius 3 is 2.41 bits per heavy atom. The molecule has 3 heteroatoms. The van der Waals surface area contributed by atoms with E-state index in [1.807, 2.05) is 61.5 Å². The fourth-order valence-electron chi connectivity index (χ4n) is 4.26. The van der Waals surface area contributed by atoms with Crippen molar-refractivity contribution >= 4 is 21.7 Å². The molecule has 0 spiro atoms. The summed E-state index contributed by atoms with van der Waals surface area (Å²) in [6.07, 6.45) is 0. The highest BCUT2D eigenvalue weighted by Gasteiger charge is 2.18. The number of benzene rings is 4. The van der Waals surface area contributed by atoms with Crippen LogP contribution in [0.15, 0.2) is 84.9 Å². The molecule has 5 aromatic rings. The van der Waals surface area contributed by atoms with Gasteiger partial charge in [-0.3, -0.25) is 0 Å². The van der Waals surface area contributed by atoms with E-state index in [9.17, 15) is 10.4 Å². The molecule has 0 saturated carbocycles. The number of hydrogen-bond donors (Lipinski definition) is 1. The lowest BCUT2D eigenvalue weighted by atomic mass is 10.0. The topological polar surface area (TPSA) is 49.0 Å². The quantitative estimate of drug-likeness (QED) is 0.338. The van der Waals surface area contributed by atoms with Crippen molar-refractivity contribution in [2.75, 3.05) is 0 Å². The lowest BCUT2D eigenvalue weighted by Crippen LogP contribution is -1.97. The van der Waals surface area contributed by atoms with Crippen LogP contribution in [0.25, 0.3) is 32.9 Å². The van der Waals surface area contributed by atoms with Crippen molar-refractivity contribution in [1.29, 1.82) is 5.26 Å². The van der Waals surface area contributed by atoms with Crippen LogP contribution in [0.3, 0.4) is 0 Å². The summed E-state index contributed by atoms with van der Waals surface area (Å²) in [4.78, 5) is 0. The summed E-state index contributed by atoms with van der Waals surface area (Å²) in [5.41, 5.74) is 5.22. The Bertz CT molecular complexity index is 1570. The summed E-state index contributed by atoms with van der Waals surface area (Å²) >= 11 is 0. The summed E-state index contributed by atoms with van der Waals surface area (Å²) in [6, 6.07) is 29.9. The monoisotopic (exact) mass is 412 g/mol. The Hall–Kier alpha value is -4.47. The highest BCUT2D eigenvalue weighted by Crippen LogP contribution is 2.35. The minimum atomic E-state index is 0.194. The third-order valence-electron chi connectivity index (χ3n) is 5.77. The number of aromatic nitrogens is 1. The molecule has 0 fully saturated rings. The van der Waals surface area contributed by atoms with Crippen LogP contribution in [0.5, 0.6) is 5.75 Å². The van der Waals surface area contributed by atoms with Crippen molar-refractivity contribution in [3.8, 4) is 34.9 Å². The van der Waals surface area contributed by atoms with Crippen molar-refractivity contribution in [2.45, 2.75) is 13.5 Å². The molecule has 1 aromatic heterocycles. The first-order chi connectivity index (χ1) is 15.7. The number of nitrogens with zero attached hydrogens (tertiary/aromatic N) is 2. The zero-order chi connectivity index (χ0) is 22.1. The van der Waals surface area contributed by atoms with Gasteiger partial charge in [-0.15, -0.1) is 0 Å². The fraction of sp³-hybridized carbons (Fsp3) is 0.0690. The average Bonchev–Trinajstić information content (AvgIpc) is 3.15. The lowest BCUT2D eigenvalue weighted by molar-refractivity contribution is 0.476. The van der Waals surface area contributed by atoms with E-state index in [1.54, 1.807) is 12.1 Å². The number of rotatable bonds is 2. The minimum absolute atomic E-state index is 0.194. The van der Waals surface area contributed by atoms with Crippen molar-refractivity contribution in [3.05, 3.63) is 102 Å². The number of nitriles is 1. The molecule has 0 aliphatic carbocycles. The van der Waals surface area contributed by atoms with Crippen LogP contribution in [0.1, 0.15) is 23.6 Å². The van der Waals surface area contributed by atoms with Crippen molar-refractivity contribution in [2.24, 2.45) is 0 Å². The van der Waals surface area contributed by atoms with Crippen molar-refractivity contribution < 1.29 is 5.11 Å². The molecule has 152 valence electrons. The van der Waals surface area contributed by atoms with E-state index in [4.69, 9.17) is 0 Å². The number of phenols is 1. The predicted molar refractivity (Wildman–Crippen MR) is 129 cm³/mol. The van der Waals surface area contributed by atoms with E-state index in [1.165, 1.54) is 5.39 Å². The third-order valence-corrected chi connectivity index (χ3v) is 5.77. The molecule has 1 heterocycles. The second kappa shape index (κ2) is 7.99. The molecule has 4 aromatic carbocycles. The van der Waals surface area contributed by atoms with E-state index in [0.29, 0.717) is 12.1 Å². The number of hydrogen-bond acceptors (Lipinski definition) is 2. The van der Waals surface area contributed by atoms with Gasteiger partial charge in [0.05, 0.1) is 16.8 Å². The van der Waals surface area contributed by atoms with Crippen LogP contribution in [0.2, 0.25) is 0 Å². The lowest BCUT2D eigenvalue weighted by Gasteiger charge is -2.09. The molecule has 1 N–H and O–H groups in total. The Kier molecular flexibility index (Phi) is 4.86. The molecule has 0 atom stereocenters. The predicted octanol–water partition coefficient (Wildman–Crippen LogP) is 6.46. The summed E-state index contributed by atoms with van der Waals surface area (Å²) < 4.78 is 2.07. The van der Waals surface area contributed by atoms with Gasteiger partial charge in [-0.1, -0.05) is 60.4 Å². The van der Waals surface area contributed by atoms with Gasteiger partial charge in [-0.05, 0) is 53.6 Å². The molecule has 0 radical (unpaired) electrons. The molecule has 0 saturated heterocycles. The van der Waals surface area contributed by atoms with Gasteiger partial charge in [0.1, 0.15) is 11.8 Å². The first kappa shape index (κ1) is 19.5. The largest absolute Gasteiger partial charge is 0.508 e. The molecule has 5 rings (SSSR count). The normalized spacial score (nSPS) is 10.6. The van der Waals surface area contributed by atoms with Crippen molar-refractivity contribution in [1.82, 2.24) is 4.57 Å². The zero-order valence-electron chi connectivity index (χ0n) is 17.6. The summed E-state index contributed by atoms with van der Waals surface area (Å²) in [5, 5.41) is 23.0. The van der Waals surface area contributed by atoms with Crippen LogP contribution in [0, 0.1) is 23.2 Å². The molecule has 0 unspecified atom stereocenters. The van der Waals surface area contributed by atoms with Crippen LogP contribution in [0.4, 0.5) is 0 Å². The molecule has 0 aliphatic heterocycles. The first-order valence-corrected chi connectivity index (χ1v) is 10.5. The molecular weight excluding hydrogens is 392 g/mol. The van der Waals surface area contributed by atoms with Gasteiger partial charge >= 0.3 is 0 Å². The maximum absolute atomic E-state index is 9.94. The fourth-order valence-corrected chi connectivity index (χ4v) is 4.26. The van der Waals surface area contributed by atoms with Gasteiger partial charge < -0.3 is 9.67 Å². The standard InChI is InChI=1S/C29H20N2O/c1-2-31-28-18-24(32)16-17-26(28)27(19-30)29(31)23-14-11-20(12-15-23)10-13-22-8-5-7-21-6-3-4-9-25(21)22/h3-9,11-12,14-18,32H,2H2,1H3. The molecular formula is C29H20N2O. The number of fused-ring (bicyclic) bond motifs is 2. The average molecular weight is 412 g/mol. The first-order valence-electron chi connectivity index (χ1n) is 10.5. The van der Waals surface area contributed by atoms with E-state index in [2.05, 4.69) is 40.7 Å². The van der Waals surface area contributed by atoms with E-state index in [0.717, 1.165) is 38.7 Å². The maximum atomic E-state index is 9.94. The van der Waals surface area contributed by atoms with Crippen LogP contribution >= 0.6 is 0 Å². The molecule has 0 bridgehead atoms. The number of phenolic OH excluding ortho intramolecular Hbond substituents is 1. The second-order valence-corrected chi connectivity index (χ2v) is 7.64. The van der Waals surface area contributed by atoms with Crippen molar-refractivity contribution in [3.63, 3.8) is 0 Å². The van der Waals surface area contributed by atoms with Crippen LogP contribution < -0.4 is 0 Å². The molecule has 32 heavy (non-hydrogen) atoms. The minimum Gasteiger partial charge on any atom is -0.508 e. The summed E-state index contributed by atoms with van der Waals surface area (Å²) in [7, 11) is 0. The third kappa shape index (κ3) is 3.27. The van der Waals surface area contributed by atoms with Gasteiger partial charge in [-0.2, -0.15) is 5.26 Å². The SMILES string of the molecule is CCn1c(-c2ccc(C#Cc3cccc4ccccc34)cc2)c(C#N)c2ccc(O)cc21. The molecule has 0 amide bonds. The Balaban J connectivity index is 1.56. The summed E-state index contributed by atoms with van der Waals surface area (Å²) in [5.74, 6) is 6.76. The van der Waals surface area contributed by atoms with Crippen LogP contribution in [-0.4, -0.2) is 9.67 Å². The smallest absolute Gasteiger partial charge is 0.117 e. The van der Waals surface area contributed by atoms with E-state index >= 15 is 0 Å². The molecule has 3 nitrogen and oxygen atoms in total. The second-order valence-electron chi connectivity index (χ2n) is 7.64. The van der Waals surface area contributed by atoms with Gasteiger partial charge in [0, 0.05) is 29.1 Å². The number of aromatic hydroxyl groups is 1. The Morgan fingerprint density at radius 2 is 1.62 bits per heavy atom. The number of aryl methyl sites for hydroxylation is 1. The van der Waals surface area contributed by atoms with Gasteiger partial charge in [-0.25, -0.2) is 0 Å². The maximum Gasteiger partial charge on any atom is 0.117 e. The Morgan fingerprint density at radius 1 is 0.844 bits per heavy atom. The highest BCUT2D eigenvalue weighted by atomic mass is 16.3.